The second kappa shape index (κ2) is 5.03. The molecule has 1 amide bonds. The lowest BCUT2D eigenvalue weighted by Crippen LogP contribution is -2.43. The number of hydrogen-bond donors (Lipinski definition) is 2. The number of rotatable bonds is 6. The molecule has 1 unspecified atom stereocenters. The number of carbonyl (C=O) groups is 1. The molecule has 3 N–H and O–H groups in total. The number of nitrogens with two attached hydrogens (primary N) is 1. The first-order valence-electron chi connectivity index (χ1n) is 5.22. The Morgan fingerprint density at radius 3 is 2.71 bits per heavy atom. The van der Waals surface area contributed by atoms with Crippen LogP contribution in [-0.2, 0) is 4.79 Å². The van der Waals surface area contributed by atoms with Gasteiger partial charge >= 0.3 is 0 Å². The summed E-state index contributed by atoms with van der Waals surface area (Å²) in [5.74, 6) is 0.00664. The summed E-state index contributed by atoms with van der Waals surface area (Å²) < 4.78 is 0.335. The van der Waals surface area contributed by atoms with E-state index in [0.29, 0.717) is 4.75 Å². The quantitative estimate of drug-likeness (QED) is 0.699. The Labute approximate surface area is 90.2 Å². The van der Waals surface area contributed by atoms with Crippen LogP contribution in [0.25, 0.3) is 0 Å². The van der Waals surface area contributed by atoms with Gasteiger partial charge in [0, 0.05) is 11.3 Å². The van der Waals surface area contributed by atoms with E-state index in [9.17, 15) is 4.79 Å². The minimum absolute atomic E-state index is 0.00664. The van der Waals surface area contributed by atoms with Gasteiger partial charge in [-0.15, -0.1) is 0 Å². The molecule has 0 aromatic heterocycles. The first-order chi connectivity index (χ1) is 6.63. The number of amides is 1. The molecule has 1 saturated carbocycles. The normalized spacial score (nSPS) is 20.2. The molecule has 3 nitrogen and oxygen atoms in total. The van der Waals surface area contributed by atoms with E-state index >= 15 is 0 Å². The van der Waals surface area contributed by atoms with Crippen molar-refractivity contribution >= 4 is 17.7 Å². The van der Waals surface area contributed by atoms with Crippen molar-refractivity contribution < 1.29 is 4.79 Å². The lowest BCUT2D eigenvalue weighted by atomic mass is 10.1. The average molecular weight is 216 g/mol. The highest BCUT2D eigenvalue weighted by Crippen LogP contribution is 2.46. The molecule has 82 valence electrons. The van der Waals surface area contributed by atoms with Gasteiger partial charge in [-0.05, 0) is 25.5 Å². The van der Waals surface area contributed by atoms with Gasteiger partial charge in [0.2, 0.25) is 5.91 Å². The van der Waals surface area contributed by atoms with Crippen molar-refractivity contribution in [1.29, 1.82) is 0 Å². The zero-order chi connectivity index (χ0) is 10.6. The van der Waals surface area contributed by atoms with Gasteiger partial charge in [0.25, 0.3) is 0 Å². The van der Waals surface area contributed by atoms with Crippen LogP contribution in [-0.4, -0.2) is 29.5 Å². The van der Waals surface area contributed by atoms with Crippen molar-refractivity contribution in [1.82, 2.24) is 5.32 Å². The Bertz CT molecular complexity index is 204. The first-order valence-corrected chi connectivity index (χ1v) is 6.44. The van der Waals surface area contributed by atoms with Gasteiger partial charge < -0.3 is 11.1 Å². The average Bonchev–Trinajstić information content (AvgIpc) is 2.95. The second-order valence-corrected chi connectivity index (χ2v) is 5.27. The molecule has 0 heterocycles. The van der Waals surface area contributed by atoms with Crippen LogP contribution < -0.4 is 11.1 Å². The lowest BCUT2D eigenvalue weighted by Gasteiger charge is -2.15. The van der Waals surface area contributed by atoms with E-state index < -0.39 is 0 Å². The van der Waals surface area contributed by atoms with Crippen molar-refractivity contribution in [2.75, 3.05) is 12.8 Å². The Morgan fingerprint density at radius 1 is 1.64 bits per heavy atom. The number of hydrogen-bond acceptors (Lipinski definition) is 3. The van der Waals surface area contributed by atoms with Crippen molar-refractivity contribution in [2.24, 2.45) is 5.73 Å². The van der Waals surface area contributed by atoms with Gasteiger partial charge in [0.1, 0.15) is 0 Å². The van der Waals surface area contributed by atoms with Gasteiger partial charge in [-0.3, -0.25) is 4.79 Å². The number of thioether (sulfide) groups is 1. The van der Waals surface area contributed by atoms with Crippen LogP contribution in [0.1, 0.15) is 32.6 Å². The molecule has 1 rings (SSSR count). The molecule has 4 heteroatoms. The van der Waals surface area contributed by atoms with E-state index in [2.05, 4.69) is 11.6 Å². The van der Waals surface area contributed by atoms with Gasteiger partial charge in [-0.25, -0.2) is 0 Å². The predicted molar refractivity (Wildman–Crippen MR) is 61.4 cm³/mol. The van der Waals surface area contributed by atoms with Gasteiger partial charge in [0.05, 0.1) is 6.04 Å². The van der Waals surface area contributed by atoms with E-state index in [-0.39, 0.29) is 11.9 Å². The van der Waals surface area contributed by atoms with Crippen LogP contribution in [0.5, 0.6) is 0 Å². The van der Waals surface area contributed by atoms with E-state index in [1.165, 1.54) is 12.8 Å². The van der Waals surface area contributed by atoms with Gasteiger partial charge in [-0.1, -0.05) is 13.3 Å². The molecule has 0 aromatic rings. The largest absolute Gasteiger partial charge is 0.353 e. The maximum absolute atomic E-state index is 11.5. The molecule has 1 aliphatic carbocycles. The molecule has 0 bridgehead atoms. The summed E-state index contributed by atoms with van der Waals surface area (Å²) in [4.78, 5) is 11.5. The fourth-order valence-corrected chi connectivity index (χ4v) is 2.14. The lowest BCUT2D eigenvalue weighted by molar-refractivity contribution is -0.122. The van der Waals surface area contributed by atoms with E-state index in [1.807, 2.05) is 18.7 Å². The fourth-order valence-electron chi connectivity index (χ4n) is 1.41. The van der Waals surface area contributed by atoms with E-state index in [1.54, 1.807) is 0 Å². The number of nitrogens with one attached hydrogen (secondary N) is 1. The van der Waals surface area contributed by atoms with Crippen LogP contribution in [0, 0.1) is 0 Å². The summed E-state index contributed by atoms with van der Waals surface area (Å²) in [5, 5.41) is 2.94. The molecule has 0 aliphatic heterocycles. The predicted octanol–water partition coefficient (Wildman–Crippen LogP) is 1.13. The highest BCUT2D eigenvalue weighted by atomic mass is 32.2. The van der Waals surface area contributed by atoms with Gasteiger partial charge in [0.15, 0.2) is 0 Å². The summed E-state index contributed by atoms with van der Waals surface area (Å²) in [6, 6.07) is -0.322. The minimum atomic E-state index is -0.322. The third-order valence-electron chi connectivity index (χ3n) is 2.76. The summed E-state index contributed by atoms with van der Waals surface area (Å²) >= 11 is 1.85. The van der Waals surface area contributed by atoms with Crippen molar-refractivity contribution in [3.8, 4) is 0 Å². The minimum Gasteiger partial charge on any atom is -0.353 e. The molecule has 14 heavy (non-hydrogen) atoms. The van der Waals surface area contributed by atoms with Crippen LogP contribution in [0.4, 0.5) is 0 Å². The number of carbonyl (C=O) groups excluding carboxylic acids is 1. The molecule has 0 aromatic carbocycles. The molecule has 1 aliphatic rings. The third kappa shape index (κ3) is 3.17. The van der Waals surface area contributed by atoms with Crippen LogP contribution >= 0.6 is 11.8 Å². The van der Waals surface area contributed by atoms with Crippen LogP contribution in [0.2, 0.25) is 0 Å². The zero-order valence-electron chi connectivity index (χ0n) is 9.01. The van der Waals surface area contributed by atoms with Crippen molar-refractivity contribution in [2.45, 2.75) is 43.4 Å². The Morgan fingerprint density at radius 2 is 2.29 bits per heavy atom. The Kier molecular flexibility index (Phi) is 4.26. The van der Waals surface area contributed by atoms with Crippen LogP contribution in [0.3, 0.4) is 0 Å². The SMILES string of the molecule is CCCC(N)C(=O)NCC1(SC)CC1. The zero-order valence-corrected chi connectivity index (χ0v) is 9.82. The second-order valence-electron chi connectivity index (χ2n) is 4.00. The fraction of sp³-hybridized carbons (Fsp3) is 0.900. The summed E-state index contributed by atoms with van der Waals surface area (Å²) in [6.45, 7) is 2.82. The molecule has 0 radical (unpaired) electrons. The highest BCUT2D eigenvalue weighted by molar-refractivity contribution is 8.00. The topological polar surface area (TPSA) is 55.1 Å². The summed E-state index contributed by atoms with van der Waals surface area (Å²) in [5.41, 5.74) is 5.70. The molecular formula is C10H20N2OS. The molecular weight excluding hydrogens is 196 g/mol. The van der Waals surface area contributed by atoms with Crippen molar-refractivity contribution in [3.63, 3.8) is 0 Å². The Balaban J connectivity index is 2.20. The molecule has 0 saturated heterocycles. The smallest absolute Gasteiger partial charge is 0.236 e. The molecule has 1 fully saturated rings. The third-order valence-corrected chi connectivity index (χ3v) is 4.18. The first kappa shape index (κ1) is 11.9. The van der Waals surface area contributed by atoms with Crippen LogP contribution in [0.15, 0.2) is 0 Å². The molecule has 0 spiro atoms. The standard InChI is InChI=1S/C10H20N2OS/c1-3-4-8(11)9(13)12-7-10(14-2)5-6-10/h8H,3-7,11H2,1-2H3,(H,12,13). The summed E-state index contributed by atoms with van der Waals surface area (Å²) in [7, 11) is 0. The maximum Gasteiger partial charge on any atom is 0.236 e. The Hall–Kier alpha value is -0.220. The van der Waals surface area contributed by atoms with E-state index in [0.717, 1.165) is 19.4 Å². The molecule has 1 atom stereocenters. The van der Waals surface area contributed by atoms with Crippen molar-refractivity contribution in [3.05, 3.63) is 0 Å². The van der Waals surface area contributed by atoms with Gasteiger partial charge in [-0.2, -0.15) is 11.8 Å². The monoisotopic (exact) mass is 216 g/mol. The summed E-state index contributed by atoms with van der Waals surface area (Å²) in [6.07, 6.45) is 6.28. The maximum atomic E-state index is 11.5. The van der Waals surface area contributed by atoms with E-state index in [4.69, 9.17) is 5.73 Å². The highest BCUT2D eigenvalue weighted by Gasteiger charge is 2.42.